The minimum absolute atomic E-state index is 0.721. The normalized spacial score (nSPS) is 21.0. The maximum absolute atomic E-state index is 3.65. The summed E-state index contributed by atoms with van der Waals surface area (Å²) >= 11 is 1.85. The van der Waals surface area contributed by atoms with E-state index in [9.17, 15) is 0 Å². The van der Waals surface area contributed by atoms with Gasteiger partial charge in [-0.2, -0.15) is 0 Å². The van der Waals surface area contributed by atoms with Crippen LogP contribution in [0.4, 0.5) is 0 Å². The Morgan fingerprint density at radius 1 is 1.32 bits per heavy atom. The molecular weight excluding hydrogens is 252 g/mol. The molecule has 2 nitrogen and oxygen atoms in total. The van der Waals surface area contributed by atoms with Gasteiger partial charge in [-0.05, 0) is 48.8 Å². The van der Waals surface area contributed by atoms with Gasteiger partial charge in [0.15, 0.2) is 0 Å². The quantitative estimate of drug-likeness (QED) is 0.918. The van der Waals surface area contributed by atoms with Crippen molar-refractivity contribution in [1.82, 2.24) is 10.2 Å². The van der Waals surface area contributed by atoms with Crippen LogP contribution in [0.1, 0.15) is 24.8 Å². The van der Waals surface area contributed by atoms with Gasteiger partial charge in [-0.1, -0.05) is 24.6 Å². The second kappa shape index (κ2) is 6.04. The Kier molecular flexibility index (Phi) is 4.16. The van der Waals surface area contributed by atoms with Gasteiger partial charge in [-0.3, -0.25) is 0 Å². The van der Waals surface area contributed by atoms with E-state index in [-0.39, 0.29) is 0 Å². The summed E-state index contributed by atoms with van der Waals surface area (Å²) in [4.78, 5) is 2.50. The average Bonchev–Trinajstić information content (AvgIpc) is 2.85. The van der Waals surface area contributed by atoms with Crippen LogP contribution >= 0.6 is 11.3 Å². The van der Waals surface area contributed by atoms with Gasteiger partial charge in [-0.25, -0.2) is 0 Å². The molecule has 3 heteroatoms. The van der Waals surface area contributed by atoms with Crippen molar-refractivity contribution in [3.63, 3.8) is 0 Å². The molecule has 3 rings (SSSR count). The Morgan fingerprint density at radius 3 is 3.11 bits per heavy atom. The van der Waals surface area contributed by atoms with Crippen LogP contribution < -0.4 is 5.32 Å². The largest absolute Gasteiger partial charge is 0.311 e. The highest BCUT2D eigenvalue weighted by Crippen LogP contribution is 2.25. The number of fused-ring (bicyclic) bond motifs is 1. The van der Waals surface area contributed by atoms with Crippen LogP contribution in [0.2, 0.25) is 0 Å². The van der Waals surface area contributed by atoms with Crippen molar-refractivity contribution >= 4 is 21.4 Å². The summed E-state index contributed by atoms with van der Waals surface area (Å²) in [5.41, 5.74) is 1.44. The van der Waals surface area contributed by atoms with Crippen molar-refractivity contribution in [2.24, 2.45) is 0 Å². The van der Waals surface area contributed by atoms with Gasteiger partial charge < -0.3 is 10.2 Å². The molecule has 1 aromatic carbocycles. The molecule has 0 aliphatic carbocycles. The van der Waals surface area contributed by atoms with Crippen LogP contribution in [0.3, 0.4) is 0 Å². The Morgan fingerprint density at radius 2 is 2.21 bits per heavy atom. The van der Waals surface area contributed by atoms with E-state index in [0.29, 0.717) is 0 Å². The van der Waals surface area contributed by atoms with Crippen molar-refractivity contribution in [1.29, 1.82) is 0 Å². The molecule has 2 heterocycles. The number of piperidine rings is 1. The number of rotatable bonds is 4. The van der Waals surface area contributed by atoms with E-state index in [2.05, 4.69) is 46.9 Å². The van der Waals surface area contributed by atoms with Gasteiger partial charge in [-0.15, -0.1) is 11.3 Å². The fraction of sp³-hybridized carbons (Fsp3) is 0.500. The summed E-state index contributed by atoms with van der Waals surface area (Å²) in [6.07, 6.45) is 4.09. The predicted octanol–water partition coefficient (Wildman–Crippen LogP) is 3.48. The molecular formula is C16H22N2S. The zero-order valence-electron chi connectivity index (χ0n) is 11.6. The van der Waals surface area contributed by atoms with Gasteiger partial charge in [0.2, 0.25) is 0 Å². The summed E-state index contributed by atoms with van der Waals surface area (Å²) in [6.45, 7) is 3.36. The third-order valence-electron chi connectivity index (χ3n) is 4.18. The van der Waals surface area contributed by atoms with Crippen molar-refractivity contribution in [2.45, 2.75) is 31.8 Å². The molecule has 0 spiro atoms. The molecule has 1 atom stereocenters. The molecule has 0 saturated carbocycles. The van der Waals surface area contributed by atoms with E-state index in [1.54, 1.807) is 0 Å². The molecule has 1 saturated heterocycles. The molecule has 1 aliphatic rings. The highest BCUT2D eigenvalue weighted by atomic mass is 32.1. The lowest BCUT2D eigenvalue weighted by molar-refractivity contribution is 0.181. The van der Waals surface area contributed by atoms with Crippen molar-refractivity contribution in [3.8, 4) is 0 Å². The van der Waals surface area contributed by atoms with E-state index < -0.39 is 0 Å². The highest BCUT2D eigenvalue weighted by molar-refractivity contribution is 7.17. The van der Waals surface area contributed by atoms with Crippen LogP contribution in [-0.4, -0.2) is 31.1 Å². The van der Waals surface area contributed by atoms with E-state index in [0.717, 1.165) is 19.1 Å². The number of nitrogens with one attached hydrogen (secondary N) is 1. The van der Waals surface area contributed by atoms with Crippen molar-refractivity contribution in [3.05, 3.63) is 35.2 Å². The lowest BCUT2D eigenvalue weighted by Gasteiger charge is -2.32. The van der Waals surface area contributed by atoms with Gasteiger partial charge in [0.05, 0.1) is 0 Å². The van der Waals surface area contributed by atoms with E-state index in [1.807, 2.05) is 11.3 Å². The number of hydrogen-bond donors (Lipinski definition) is 1. The fourth-order valence-electron chi connectivity index (χ4n) is 2.95. The van der Waals surface area contributed by atoms with Gasteiger partial charge >= 0.3 is 0 Å². The third kappa shape index (κ3) is 2.99. The maximum atomic E-state index is 3.65. The first kappa shape index (κ1) is 13.1. The first-order valence-electron chi connectivity index (χ1n) is 7.20. The summed E-state index contributed by atoms with van der Waals surface area (Å²) in [5, 5.41) is 7.35. The lowest BCUT2D eigenvalue weighted by atomic mass is 10.0. The Balaban J connectivity index is 1.57. The summed E-state index contributed by atoms with van der Waals surface area (Å²) in [7, 11) is 2.26. The minimum atomic E-state index is 0.721. The van der Waals surface area contributed by atoms with Crippen LogP contribution in [0, 0.1) is 0 Å². The zero-order chi connectivity index (χ0) is 13.1. The molecule has 1 aromatic heterocycles. The van der Waals surface area contributed by atoms with Crippen LogP contribution in [0.5, 0.6) is 0 Å². The Labute approximate surface area is 119 Å². The molecule has 1 unspecified atom stereocenters. The van der Waals surface area contributed by atoms with Crippen LogP contribution in [-0.2, 0) is 6.54 Å². The molecule has 1 N–H and O–H groups in total. The second-order valence-electron chi connectivity index (χ2n) is 5.52. The number of benzene rings is 1. The van der Waals surface area contributed by atoms with Crippen molar-refractivity contribution < 1.29 is 0 Å². The molecule has 0 amide bonds. The number of thiophene rings is 1. The average molecular weight is 274 g/mol. The van der Waals surface area contributed by atoms with E-state index in [1.165, 1.54) is 41.5 Å². The van der Waals surface area contributed by atoms with E-state index >= 15 is 0 Å². The SMILES string of the molecule is CN1CCCCC1CNCc1csc2ccccc12. The number of likely N-dealkylation sites (N-methyl/N-ethyl adjacent to an activating group) is 1. The summed E-state index contributed by atoms with van der Waals surface area (Å²) in [6, 6.07) is 9.41. The predicted molar refractivity (Wildman–Crippen MR) is 83.8 cm³/mol. The Bertz CT molecular complexity index is 534. The number of likely N-dealkylation sites (tertiary alicyclic amines) is 1. The second-order valence-corrected chi connectivity index (χ2v) is 6.43. The Hall–Kier alpha value is -0.900. The molecule has 0 bridgehead atoms. The number of nitrogens with zero attached hydrogens (tertiary/aromatic N) is 1. The first-order chi connectivity index (χ1) is 9.34. The van der Waals surface area contributed by atoms with Crippen LogP contribution in [0.25, 0.3) is 10.1 Å². The monoisotopic (exact) mass is 274 g/mol. The summed E-state index contributed by atoms with van der Waals surface area (Å²) < 4.78 is 1.40. The molecule has 2 aromatic rings. The topological polar surface area (TPSA) is 15.3 Å². The van der Waals surface area contributed by atoms with E-state index in [4.69, 9.17) is 0 Å². The molecule has 1 fully saturated rings. The minimum Gasteiger partial charge on any atom is -0.311 e. The first-order valence-corrected chi connectivity index (χ1v) is 8.08. The molecule has 0 radical (unpaired) electrons. The van der Waals surface area contributed by atoms with Crippen LogP contribution in [0.15, 0.2) is 29.6 Å². The lowest BCUT2D eigenvalue weighted by Crippen LogP contribution is -2.42. The third-order valence-corrected chi connectivity index (χ3v) is 5.19. The van der Waals surface area contributed by atoms with Crippen molar-refractivity contribution in [2.75, 3.05) is 20.1 Å². The maximum Gasteiger partial charge on any atom is 0.0346 e. The molecule has 1 aliphatic heterocycles. The zero-order valence-corrected chi connectivity index (χ0v) is 12.4. The highest BCUT2D eigenvalue weighted by Gasteiger charge is 2.18. The number of hydrogen-bond acceptors (Lipinski definition) is 3. The summed E-state index contributed by atoms with van der Waals surface area (Å²) in [5.74, 6) is 0. The fourth-order valence-corrected chi connectivity index (χ4v) is 3.91. The van der Waals surface area contributed by atoms with Gasteiger partial charge in [0.1, 0.15) is 0 Å². The van der Waals surface area contributed by atoms with Gasteiger partial charge in [0.25, 0.3) is 0 Å². The standard InChI is InChI=1S/C16H22N2S/c1-18-9-5-4-6-14(18)11-17-10-13-12-19-16-8-3-2-7-15(13)16/h2-3,7-8,12,14,17H,4-6,9-11H2,1H3. The molecule has 19 heavy (non-hydrogen) atoms. The smallest absolute Gasteiger partial charge is 0.0346 e. The molecule has 102 valence electrons. The van der Waals surface area contributed by atoms with Gasteiger partial charge in [0, 0.05) is 23.8 Å².